The number of Topliss-reactive ketones (excluding diaryl/α,β-unsaturated/α-hetero) is 1. The van der Waals surface area contributed by atoms with E-state index in [2.05, 4.69) is 0 Å². The third-order valence-electron chi connectivity index (χ3n) is 4.38. The Bertz CT molecular complexity index is 971. The van der Waals surface area contributed by atoms with Crippen LogP contribution >= 0.6 is 0 Å². The van der Waals surface area contributed by atoms with Gasteiger partial charge in [-0.25, -0.2) is 0 Å². The van der Waals surface area contributed by atoms with Crippen molar-refractivity contribution < 1.29 is 31.3 Å². The molecular weight excluding hydrogens is 408 g/mol. The van der Waals surface area contributed by atoms with Gasteiger partial charge in [0.25, 0.3) is 5.69 Å². The van der Waals surface area contributed by atoms with E-state index in [0.717, 1.165) is 22.4 Å². The average molecular weight is 427 g/mol. The zero-order valence-corrected chi connectivity index (χ0v) is 16.6. The first-order chi connectivity index (χ1) is 12.5. The summed E-state index contributed by atoms with van der Waals surface area (Å²) in [6.07, 6.45) is 1.95. The Balaban J connectivity index is 0.00000261. The molecule has 0 N–H and O–H groups in total. The number of nitrogens with zero attached hydrogens (tertiary/aromatic N) is 2. The second-order valence-corrected chi connectivity index (χ2v) is 6.23. The van der Waals surface area contributed by atoms with Gasteiger partial charge in [0.15, 0.2) is 11.9 Å². The number of aromatic nitrogens is 1. The summed E-state index contributed by atoms with van der Waals surface area (Å²) in [6.45, 7) is 4.20. The summed E-state index contributed by atoms with van der Waals surface area (Å²) in [6, 6.07) is 17.7. The van der Waals surface area contributed by atoms with Crippen molar-refractivity contribution in [1.29, 1.82) is 0 Å². The van der Waals surface area contributed by atoms with Crippen LogP contribution in [0.5, 0.6) is 0 Å². The zero-order chi connectivity index (χ0) is 18.7. The van der Waals surface area contributed by atoms with Crippen molar-refractivity contribution in [3.8, 4) is 11.1 Å². The SMILES string of the molecule is Cc1c[n+](CC(=O)c2ccccc2)c(C)cc1-c1ccc([N+](=O)[O-])cc1.[Br-]. The Labute approximate surface area is 168 Å². The summed E-state index contributed by atoms with van der Waals surface area (Å²) in [7, 11) is 0. The van der Waals surface area contributed by atoms with Crippen LogP contribution in [0.3, 0.4) is 0 Å². The lowest BCUT2D eigenvalue weighted by molar-refractivity contribution is -0.689. The highest BCUT2D eigenvalue weighted by atomic mass is 79.9. The van der Waals surface area contributed by atoms with Gasteiger partial charge in [0.2, 0.25) is 12.3 Å². The number of rotatable bonds is 5. The Kier molecular flexibility index (Phi) is 6.58. The molecule has 6 heteroatoms. The molecule has 5 nitrogen and oxygen atoms in total. The molecule has 0 aliphatic carbocycles. The maximum atomic E-state index is 12.4. The summed E-state index contributed by atoms with van der Waals surface area (Å²) in [5, 5.41) is 10.8. The van der Waals surface area contributed by atoms with Crippen LogP contribution in [0.1, 0.15) is 21.6 Å². The van der Waals surface area contributed by atoms with Crippen molar-refractivity contribution >= 4 is 11.5 Å². The van der Waals surface area contributed by atoms with Crippen molar-refractivity contribution in [2.24, 2.45) is 0 Å². The fraction of sp³-hybridized carbons (Fsp3) is 0.143. The van der Waals surface area contributed by atoms with Crippen LogP contribution in [0.2, 0.25) is 0 Å². The maximum Gasteiger partial charge on any atom is 0.269 e. The fourth-order valence-electron chi connectivity index (χ4n) is 2.92. The van der Waals surface area contributed by atoms with E-state index in [1.807, 2.05) is 61.0 Å². The molecule has 0 fully saturated rings. The van der Waals surface area contributed by atoms with Crippen molar-refractivity contribution in [1.82, 2.24) is 0 Å². The van der Waals surface area contributed by atoms with E-state index in [-0.39, 0.29) is 35.0 Å². The van der Waals surface area contributed by atoms with Crippen molar-refractivity contribution in [2.45, 2.75) is 20.4 Å². The molecular formula is C21H19BrN2O3. The molecule has 0 spiro atoms. The minimum atomic E-state index is -0.407. The molecule has 27 heavy (non-hydrogen) atoms. The van der Waals surface area contributed by atoms with E-state index < -0.39 is 4.92 Å². The Hall–Kier alpha value is -2.86. The highest BCUT2D eigenvalue weighted by molar-refractivity contribution is 5.95. The van der Waals surface area contributed by atoms with Crippen LogP contribution in [0.25, 0.3) is 11.1 Å². The van der Waals surface area contributed by atoms with E-state index in [0.29, 0.717) is 5.56 Å². The lowest BCUT2D eigenvalue weighted by Crippen LogP contribution is -3.00. The van der Waals surface area contributed by atoms with Crippen LogP contribution in [0.4, 0.5) is 5.69 Å². The number of halogens is 1. The molecule has 0 radical (unpaired) electrons. The molecule has 0 aliphatic rings. The zero-order valence-electron chi connectivity index (χ0n) is 15.1. The molecule has 0 amide bonds. The third kappa shape index (κ3) is 4.65. The number of nitro groups is 1. The van der Waals surface area contributed by atoms with Gasteiger partial charge >= 0.3 is 0 Å². The number of carbonyl (C=O) groups excluding carboxylic acids is 1. The maximum absolute atomic E-state index is 12.4. The van der Waals surface area contributed by atoms with Crippen molar-refractivity contribution in [2.75, 3.05) is 0 Å². The minimum absolute atomic E-state index is 0. The number of hydrogen-bond donors (Lipinski definition) is 0. The first-order valence-corrected chi connectivity index (χ1v) is 8.29. The largest absolute Gasteiger partial charge is 1.00 e. The highest BCUT2D eigenvalue weighted by Gasteiger charge is 2.17. The number of carbonyl (C=O) groups is 1. The summed E-state index contributed by atoms with van der Waals surface area (Å²) in [5.41, 5.74) is 4.64. The van der Waals surface area contributed by atoms with E-state index in [1.165, 1.54) is 12.1 Å². The average Bonchev–Trinajstić information content (AvgIpc) is 2.65. The van der Waals surface area contributed by atoms with E-state index >= 15 is 0 Å². The van der Waals surface area contributed by atoms with Crippen LogP contribution in [0.15, 0.2) is 66.9 Å². The summed E-state index contributed by atoms with van der Waals surface area (Å²) in [5.74, 6) is 0.0567. The van der Waals surface area contributed by atoms with Gasteiger partial charge in [-0.1, -0.05) is 30.3 Å². The predicted octanol–water partition coefficient (Wildman–Crippen LogP) is 1.05. The molecule has 3 rings (SSSR count). The first-order valence-electron chi connectivity index (χ1n) is 8.29. The number of benzene rings is 2. The lowest BCUT2D eigenvalue weighted by Gasteiger charge is -2.08. The van der Waals surface area contributed by atoms with E-state index in [1.54, 1.807) is 12.1 Å². The number of nitro benzene ring substituents is 1. The second-order valence-electron chi connectivity index (χ2n) is 6.23. The normalized spacial score (nSPS) is 10.1. The number of non-ortho nitro benzene ring substituents is 1. The van der Waals surface area contributed by atoms with Gasteiger partial charge in [-0.3, -0.25) is 14.9 Å². The summed E-state index contributed by atoms with van der Waals surface area (Å²) < 4.78 is 1.93. The molecule has 1 aromatic heterocycles. The smallest absolute Gasteiger partial charge is 0.269 e. The molecule has 0 bridgehead atoms. The van der Waals surface area contributed by atoms with Crippen LogP contribution in [-0.2, 0) is 6.54 Å². The van der Waals surface area contributed by atoms with Crippen molar-refractivity contribution in [3.63, 3.8) is 0 Å². The quantitative estimate of drug-likeness (QED) is 0.265. The number of pyridine rings is 1. The van der Waals surface area contributed by atoms with Crippen LogP contribution in [-0.4, -0.2) is 10.7 Å². The van der Waals surface area contributed by atoms with Crippen LogP contribution in [0, 0.1) is 24.0 Å². The molecule has 0 unspecified atom stereocenters. The van der Waals surface area contributed by atoms with Gasteiger partial charge in [-0.05, 0) is 30.2 Å². The fourth-order valence-corrected chi connectivity index (χ4v) is 2.92. The van der Waals surface area contributed by atoms with Gasteiger partial charge < -0.3 is 17.0 Å². The van der Waals surface area contributed by atoms with Crippen LogP contribution < -0.4 is 21.5 Å². The van der Waals surface area contributed by atoms with Gasteiger partial charge in [0.1, 0.15) is 0 Å². The molecule has 0 aliphatic heterocycles. The molecule has 138 valence electrons. The summed E-state index contributed by atoms with van der Waals surface area (Å²) >= 11 is 0. The molecule has 0 saturated carbocycles. The highest BCUT2D eigenvalue weighted by Crippen LogP contribution is 2.25. The number of hydrogen-bond acceptors (Lipinski definition) is 3. The van der Waals surface area contributed by atoms with Gasteiger partial charge in [0.05, 0.1) is 4.92 Å². The Morgan fingerprint density at radius 1 is 1.04 bits per heavy atom. The van der Waals surface area contributed by atoms with Gasteiger partial charge in [-0.2, -0.15) is 4.57 Å². The number of ketones is 1. The van der Waals surface area contributed by atoms with E-state index in [9.17, 15) is 14.9 Å². The van der Waals surface area contributed by atoms with Gasteiger partial charge in [0, 0.05) is 36.2 Å². The molecule has 0 atom stereocenters. The lowest BCUT2D eigenvalue weighted by atomic mass is 10.0. The van der Waals surface area contributed by atoms with Crippen molar-refractivity contribution in [3.05, 3.63) is 93.8 Å². The molecule has 0 saturated heterocycles. The molecule has 3 aromatic rings. The Morgan fingerprint density at radius 3 is 2.26 bits per heavy atom. The van der Waals surface area contributed by atoms with E-state index in [4.69, 9.17) is 0 Å². The van der Waals surface area contributed by atoms with Gasteiger partial charge in [-0.15, -0.1) is 0 Å². The summed E-state index contributed by atoms with van der Waals surface area (Å²) in [4.78, 5) is 22.8. The Morgan fingerprint density at radius 2 is 1.67 bits per heavy atom. The first kappa shape index (κ1) is 20.5. The minimum Gasteiger partial charge on any atom is -1.00 e. The standard InChI is InChI=1S/C21H19N2O3.BrH/c1-15-13-22(14-21(24)18-6-4-3-5-7-18)16(2)12-20(15)17-8-10-19(11-9-17)23(25)26;/h3-13H,14H2,1-2H3;1H/q+1;/p-1. The predicted molar refractivity (Wildman–Crippen MR) is 99.0 cm³/mol. The molecule has 2 aromatic carbocycles. The molecule has 1 heterocycles. The third-order valence-corrected chi connectivity index (χ3v) is 4.38. The second kappa shape index (κ2) is 8.68. The monoisotopic (exact) mass is 426 g/mol. The number of aryl methyl sites for hydroxylation is 2. The topological polar surface area (TPSA) is 64.1 Å².